The Balaban J connectivity index is 1.86. The minimum absolute atomic E-state index is 0.0300. The number of carboxylic acids is 1. The van der Waals surface area contributed by atoms with Gasteiger partial charge in [0.25, 0.3) is 5.91 Å². The molecule has 2 unspecified atom stereocenters. The molecule has 0 bridgehead atoms. The first-order valence-corrected chi connectivity index (χ1v) is 8.37. The summed E-state index contributed by atoms with van der Waals surface area (Å²) in [5, 5.41) is 12.7. The number of aliphatic carboxylic acids is 1. The fourth-order valence-corrected chi connectivity index (χ4v) is 3.67. The minimum Gasteiger partial charge on any atom is -0.479 e. The third-order valence-electron chi connectivity index (χ3n) is 5.15. The Labute approximate surface area is 150 Å². The Morgan fingerprint density at radius 3 is 2.72 bits per heavy atom. The Morgan fingerprint density at radius 1 is 1.40 bits per heavy atom. The fraction of sp³-hybridized carbons (Fsp3) is 0.529. The van der Waals surface area contributed by atoms with Gasteiger partial charge in [0.15, 0.2) is 11.5 Å². The second-order valence-electron chi connectivity index (χ2n) is 6.73. The molecule has 1 fully saturated rings. The molecular formula is C17H20ClNO6. The monoisotopic (exact) mass is 369 g/mol. The molecule has 136 valence electrons. The summed E-state index contributed by atoms with van der Waals surface area (Å²) in [4.78, 5) is 24.6. The smallest absolute Gasteiger partial charge is 0.330 e. The highest BCUT2D eigenvalue weighted by molar-refractivity contribution is 6.32. The van der Waals surface area contributed by atoms with Gasteiger partial charge in [0.1, 0.15) is 5.54 Å². The maximum absolute atomic E-state index is 12.7. The van der Waals surface area contributed by atoms with E-state index >= 15 is 0 Å². The summed E-state index contributed by atoms with van der Waals surface area (Å²) in [7, 11) is 0. The van der Waals surface area contributed by atoms with E-state index in [2.05, 4.69) is 5.32 Å². The predicted molar refractivity (Wildman–Crippen MR) is 89.2 cm³/mol. The van der Waals surface area contributed by atoms with Gasteiger partial charge in [-0.15, -0.1) is 0 Å². The number of rotatable bonds is 5. The van der Waals surface area contributed by atoms with E-state index in [1.165, 1.54) is 12.1 Å². The molecule has 0 spiro atoms. The number of ether oxygens (including phenoxy) is 3. The quantitative estimate of drug-likeness (QED) is 0.828. The average molecular weight is 370 g/mol. The molecule has 0 saturated heterocycles. The Hall–Kier alpha value is -1.99. The van der Waals surface area contributed by atoms with Crippen LogP contribution in [0.2, 0.25) is 5.02 Å². The summed E-state index contributed by atoms with van der Waals surface area (Å²) in [6.07, 6.45) is -0.0399. The lowest BCUT2D eigenvalue weighted by Crippen LogP contribution is -2.76. The maximum Gasteiger partial charge on any atom is 0.330 e. The summed E-state index contributed by atoms with van der Waals surface area (Å²) >= 11 is 6.10. The summed E-state index contributed by atoms with van der Waals surface area (Å²) in [6.45, 7) is 5.91. The van der Waals surface area contributed by atoms with Gasteiger partial charge in [-0.25, -0.2) is 4.79 Å². The van der Waals surface area contributed by atoms with Gasteiger partial charge in [-0.3, -0.25) is 4.79 Å². The molecule has 8 heteroatoms. The van der Waals surface area contributed by atoms with Crippen molar-refractivity contribution in [3.63, 3.8) is 0 Å². The van der Waals surface area contributed by atoms with Crippen molar-refractivity contribution in [1.82, 2.24) is 5.32 Å². The van der Waals surface area contributed by atoms with Gasteiger partial charge in [0.05, 0.1) is 11.1 Å². The number of hydrogen-bond donors (Lipinski definition) is 2. The number of hydrogen-bond acceptors (Lipinski definition) is 5. The van der Waals surface area contributed by atoms with Crippen LogP contribution in [0, 0.1) is 5.41 Å². The van der Waals surface area contributed by atoms with Crippen molar-refractivity contribution in [3.8, 4) is 11.5 Å². The van der Waals surface area contributed by atoms with Gasteiger partial charge in [-0.2, -0.15) is 0 Å². The van der Waals surface area contributed by atoms with Gasteiger partial charge in [0, 0.05) is 24.0 Å². The Morgan fingerprint density at radius 2 is 2.12 bits per heavy atom. The second-order valence-corrected chi connectivity index (χ2v) is 7.13. The van der Waals surface area contributed by atoms with Crippen LogP contribution in [0.5, 0.6) is 11.5 Å². The molecule has 1 aromatic rings. The molecule has 0 radical (unpaired) electrons. The van der Waals surface area contributed by atoms with Crippen LogP contribution in [0.3, 0.4) is 0 Å². The number of benzene rings is 1. The summed E-state index contributed by atoms with van der Waals surface area (Å²) < 4.78 is 16.1. The van der Waals surface area contributed by atoms with Gasteiger partial charge < -0.3 is 24.6 Å². The van der Waals surface area contributed by atoms with Crippen LogP contribution in [-0.2, 0) is 9.53 Å². The fourth-order valence-electron chi connectivity index (χ4n) is 3.40. The van der Waals surface area contributed by atoms with Crippen LogP contribution in [0.15, 0.2) is 12.1 Å². The Bertz CT molecular complexity index is 734. The van der Waals surface area contributed by atoms with Gasteiger partial charge >= 0.3 is 5.97 Å². The van der Waals surface area contributed by atoms with E-state index in [1.54, 1.807) is 13.8 Å². The SMILES string of the molecule is CCOC1CC(NC(=O)c2cc(Cl)c3c(c2)OCO3)(C(=O)O)C1(C)C. The minimum atomic E-state index is -1.41. The first-order valence-electron chi connectivity index (χ1n) is 7.99. The van der Waals surface area contributed by atoms with Crippen LogP contribution < -0.4 is 14.8 Å². The van der Waals surface area contributed by atoms with E-state index in [0.717, 1.165) is 0 Å². The lowest BCUT2D eigenvalue weighted by atomic mass is 9.54. The van der Waals surface area contributed by atoms with Crippen LogP contribution in [0.1, 0.15) is 37.6 Å². The Kier molecular flexibility index (Phi) is 4.33. The number of carboxylic acid groups (broad SMARTS) is 1. The molecule has 1 saturated carbocycles. The average Bonchev–Trinajstić information content (AvgIpc) is 3.02. The first kappa shape index (κ1) is 17.8. The molecule has 1 aliphatic heterocycles. The summed E-state index contributed by atoms with van der Waals surface area (Å²) in [5.74, 6) is -0.882. The molecule has 7 nitrogen and oxygen atoms in total. The largest absolute Gasteiger partial charge is 0.479 e. The van der Waals surface area contributed by atoms with E-state index in [-0.39, 0.29) is 29.9 Å². The topological polar surface area (TPSA) is 94.1 Å². The van der Waals surface area contributed by atoms with Crippen molar-refractivity contribution in [3.05, 3.63) is 22.7 Å². The highest BCUT2D eigenvalue weighted by atomic mass is 35.5. The zero-order chi connectivity index (χ0) is 18.4. The molecule has 1 aliphatic carbocycles. The number of amides is 1. The molecule has 1 heterocycles. The van der Waals surface area contributed by atoms with Crippen molar-refractivity contribution in [2.75, 3.05) is 13.4 Å². The van der Waals surface area contributed by atoms with Crippen LogP contribution in [0.4, 0.5) is 0 Å². The molecule has 1 amide bonds. The maximum atomic E-state index is 12.7. The summed E-state index contributed by atoms with van der Waals surface area (Å²) in [5.41, 5.74) is -1.96. The molecule has 2 atom stereocenters. The standard InChI is InChI=1S/C17H20ClNO6/c1-4-23-12-7-17(15(21)22,16(12,2)3)19-14(20)9-5-10(18)13-11(6-9)24-8-25-13/h5-6,12H,4,7-8H2,1-3H3,(H,19,20)(H,21,22). The number of halogens is 1. The van der Waals surface area contributed by atoms with Gasteiger partial charge in [0.2, 0.25) is 6.79 Å². The van der Waals surface area contributed by atoms with Gasteiger partial charge in [-0.1, -0.05) is 25.4 Å². The third-order valence-corrected chi connectivity index (χ3v) is 5.43. The van der Waals surface area contributed by atoms with E-state index in [9.17, 15) is 14.7 Å². The van der Waals surface area contributed by atoms with Crippen LogP contribution in [-0.4, -0.2) is 42.0 Å². The highest BCUT2D eigenvalue weighted by Gasteiger charge is 2.66. The van der Waals surface area contributed by atoms with E-state index in [0.29, 0.717) is 18.1 Å². The van der Waals surface area contributed by atoms with E-state index in [4.69, 9.17) is 25.8 Å². The molecule has 2 aliphatic rings. The van der Waals surface area contributed by atoms with Crippen molar-refractivity contribution in [2.45, 2.75) is 38.8 Å². The number of carbonyl (C=O) groups excluding carboxylic acids is 1. The van der Waals surface area contributed by atoms with Crippen molar-refractivity contribution in [1.29, 1.82) is 0 Å². The predicted octanol–water partition coefficient (Wildman–Crippen LogP) is 2.46. The van der Waals surface area contributed by atoms with E-state index in [1.807, 2.05) is 6.92 Å². The first-order chi connectivity index (χ1) is 11.7. The second kappa shape index (κ2) is 6.07. The number of nitrogens with one attached hydrogen (secondary N) is 1. The number of fused-ring (bicyclic) bond motifs is 1. The zero-order valence-corrected chi connectivity index (χ0v) is 15.0. The third kappa shape index (κ3) is 2.62. The lowest BCUT2D eigenvalue weighted by Gasteiger charge is -2.58. The molecule has 25 heavy (non-hydrogen) atoms. The zero-order valence-electron chi connectivity index (χ0n) is 14.2. The normalized spacial score (nSPS) is 26.0. The molecule has 2 N–H and O–H groups in total. The van der Waals surface area contributed by atoms with Crippen molar-refractivity contribution >= 4 is 23.5 Å². The highest BCUT2D eigenvalue weighted by Crippen LogP contribution is 2.51. The lowest BCUT2D eigenvalue weighted by molar-refractivity contribution is -0.190. The van der Waals surface area contributed by atoms with Crippen molar-refractivity contribution in [2.24, 2.45) is 5.41 Å². The summed E-state index contributed by atoms with van der Waals surface area (Å²) in [6, 6.07) is 2.93. The van der Waals surface area contributed by atoms with Gasteiger partial charge in [-0.05, 0) is 19.1 Å². The molecule has 1 aromatic carbocycles. The van der Waals surface area contributed by atoms with Crippen LogP contribution >= 0.6 is 11.6 Å². The van der Waals surface area contributed by atoms with Crippen LogP contribution in [0.25, 0.3) is 0 Å². The van der Waals surface area contributed by atoms with Crippen molar-refractivity contribution < 1.29 is 28.9 Å². The molecule has 0 aromatic heterocycles. The number of carbonyl (C=O) groups is 2. The molecular weight excluding hydrogens is 350 g/mol. The molecule has 3 rings (SSSR count). The van der Waals surface area contributed by atoms with E-state index < -0.39 is 22.8 Å².